The SMILES string of the molecule is C[C@H](c1ccc(F)cc1)n1cncc1C1CN(C)CC2CNCCN21. The number of nitrogens with one attached hydrogen (secondary N) is 1. The molecule has 5 nitrogen and oxygen atoms in total. The molecular weight excluding hydrogens is 317 g/mol. The molecule has 0 amide bonds. The third-order valence-corrected chi connectivity index (χ3v) is 5.61. The number of fused-ring (bicyclic) bond motifs is 1. The molecule has 25 heavy (non-hydrogen) atoms. The molecule has 2 aliphatic rings. The van der Waals surface area contributed by atoms with Crippen molar-refractivity contribution in [3.05, 3.63) is 53.9 Å². The van der Waals surface area contributed by atoms with E-state index in [1.807, 2.05) is 24.7 Å². The number of benzene rings is 1. The molecule has 6 heteroatoms. The number of nitrogens with zero attached hydrogens (tertiary/aromatic N) is 4. The highest BCUT2D eigenvalue weighted by atomic mass is 19.1. The van der Waals surface area contributed by atoms with Crippen LogP contribution in [0, 0.1) is 5.82 Å². The van der Waals surface area contributed by atoms with Crippen molar-refractivity contribution in [2.45, 2.75) is 25.0 Å². The standard InChI is InChI=1S/C19H26FN5/c1-14(15-3-5-16(20)6-4-15)25-13-22-10-18(25)19-12-23(2)11-17-9-21-7-8-24(17)19/h3-6,10,13-14,17,19,21H,7-9,11-12H2,1-2H3/t14-,17?,19?/m1/s1. The molecule has 3 atom stereocenters. The molecule has 134 valence electrons. The van der Waals surface area contributed by atoms with Crippen LogP contribution in [0.25, 0.3) is 0 Å². The normalized spacial score (nSPS) is 26.4. The van der Waals surface area contributed by atoms with Gasteiger partial charge < -0.3 is 14.8 Å². The minimum absolute atomic E-state index is 0.131. The Labute approximate surface area is 148 Å². The van der Waals surface area contributed by atoms with Gasteiger partial charge in [0, 0.05) is 45.0 Å². The summed E-state index contributed by atoms with van der Waals surface area (Å²) < 4.78 is 15.5. The average Bonchev–Trinajstić information content (AvgIpc) is 3.10. The molecule has 4 rings (SSSR count). The van der Waals surface area contributed by atoms with E-state index in [0.717, 1.165) is 38.3 Å². The van der Waals surface area contributed by atoms with Crippen LogP contribution in [0.4, 0.5) is 4.39 Å². The van der Waals surface area contributed by atoms with E-state index < -0.39 is 0 Å². The summed E-state index contributed by atoms with van der Waals surface area (Å²) in [5, 5.41) is 3.51. The summed E-state index contributed by atoms with van der Waals surface area (Å²) in [6.07, 6.45) is 3.91. The van der Waals surface area contributed by atoms with Gasteiger partial charge in [0.25, 0.3) is 0 Å². The molecule has 0 saturated carbocycles. The average molecular weight is 343 g/mol. The molecule has 2 unspecified atom stereocenters. The first-order chi connectivity index (χ1) is 12.1. The van der Waals surface area contributed by atoms with Gasteiger partial charge in [0.05, 0.1) is 24.1 Å². The van der Waals surface area contributed by atoms with E-state index in [1.165, 1.54) is 17.8 Å². The van der Waals surface area contributed by atoms with Crippen molar-refractivity contribution in [1.29, 1.82) is 0 Å². The predicted molar refractivity (Wildman–Crippen MR) is 96.0 cm³/mol. The quantitative estimate of drug-likeness (QED) is 0.923. The van der Waals surface area contributed by atoms with E-state index in [0.29, 0.717) is 12.1 Å². The number of imidazole rings is 1. The largest absolute Gasteiger partial charge is 0.326 e. The summed E-state index contributed by atoms with van der Waals surface area (Å²) in [5.41, 5.74) is 2.34. The minimum atomic E-state index is -0.195. The van der Waals surface area contributed by atoms with Crippen molar-refractivity contribution in [3.8, 4) is 0 Å². The van der Waals surface area contributed by atoms with Crippen molar-refractivity contribution in [1.82, 2.24) is 24.7 Å². The van der Waals surface area contributed by atoms with Crippen molar-refractivity contribution < 1.29 is 4.39 Å². The molecule has 2 saturated heterocycles. The zero-order valence-corrected chi connectivity index (χ0v) is 14.9. The third-order valence-electron chi connectivity index (χ3n) is 5.61. The smallest absolute Gasteiger partial charge is 0.123 e. The van der Waals surface area contributed by atoms with E-state index in [4.69, 9.17) is 0 Å². The van der Waals surface area contributed by atoms with Crippen LogP contribution >= 0.6 is 0 Å². The fourth-order valence-corrected chi connectivity index (χ4v) is 4.25. The van der Waals surface area contributed by atoms with Gasteiger partial charge in [0.15, 0.2) is 0 Å². The Morgan fingerprint density at radius 3 is 2.84 bits per heavy atom. The van der Waals surface area contributed by atoms with Crippen molar-refractivity contribution >= 4 is 0 Å². The van der Waals surface area contributed by atoms with Gasteiger partial charge >= 0.3 is 0 Å². The van der Waals surface area contributed by atoms with Crippen molar-refractivity contribution in [2.24, 2.45) is 0 Å². The van der Waals surface area contributed by atoms with E-state index in [1.54, 1.807) is 0 Å². The second kappa shape index (κ2) is 6.86. The van der Waals surface area contributed by atoms with Gasteiger partial charge in [-0.15, -0.1) is 0 Å². The van der Waals surface area contributed by atoms with Crippen molar-refractivity contribution in [3.63, 3.8) is 0 Å². The topological polar surface area (TPSA) is 36.3 Å². The lowest BCUT2D eigenvalue weighted by molar-refractivity contribution is 0.0159. The molecule has 2 aliphatic heterocycles. The Hall–Kier alpha value is -1.76. The minimum Gasteiger partial charge on any atom is -0.326 e. The van der Waals surface area contributed by atoms with E-state index in [-0.39, 0.29) is 11.9 Å². The number of hydrogen-bond donors (Lipinski definition) is 1. The number of aromatic nitrogens is 2. The van der Waals surface area contributed by atoms with Gasteiger partial charge in [-0.2, -0.15) is 0 Å². The molecule has 2 aromatic rings. The maximum atomic E-state index is 13.3. The molecule has 1 aromatic heterocycles. The van der Waals surface area contributed by atoms with E-state index in [2.05, 4.69) is 38.6 Å². The van der Waals surface area contributed by atoms with Crippen LogP contribution in [0.1, 0.15) is 30.3 Å². The van der Waals surface area contributed by atoms with Crippen LogP contribution < -0.4 is 5.32 Å². The second-order valence-corrected chi connectivity index (χ2v) is 7.29. The molecule has 3 heterocycles. The Balaban J connectivity index is 1.64. The summed E-state index contributed by atoms with van der Waals surface area (Å²) in [7, 11) is 2.20. The van der Waals surface area contributed by atoms with Crippen LogP contribution in [0.5, 0.6) is 0 Å². The van der Waals surface area contributed by atoms with Gasteiger partial charge in [0.2, 0.25) is 0 Å². The lowest BCUT2D eigenvalue weighted by Crippen LogP contribution is -2.61. The number of hydrogen-bond acceptors (Lipinski definition) is 4. The van der Waals surface area contributed by atoms with Crippen molar-refractivity contribution in [2.75, 3.05) is 39.8 Å². The summed E-state index contributed by atoms with van der Waals surface area (Å²) in [6.45, 7) is 7.42. The second-order valence-electron chi connectivity index (χ2n) is 7.29. The van der Waals surface area contributed by atoms with E-state index in [9.17, 15) is 4.39 Å². The lowest BCUT2D eigenvalue weighted by atomic mass is 10.0. The molecule has 0 aliphatic carbocycles. The summed E-state index contributed by atoms with van der Waals surface area (Å²) >= 11 is 0. The number of likely N-dealkylation sites (N-methyl/N-ethyl adjacent to an activating group) is 1. The maximum Gasteiger partial charge on any atom is 0.123 e. The number of rotatable bonds is 3. The highest BCUT2D eigenvalue weighted by molar-refractivity contribution is 5.22. The zero-order chi connectivity index (χ0) is 17.4. The highest BCUT2D eigenvalue weighted by Gasteiger charge is 2.37. The maximum absolute atomic E-state index is 13.3. The number of halogens is 1. The van der Waals surface area contributed by atoms with Gasteiger partial charge in [-0.3, -0.25) is 4.90 Å². The Morgan fingerprint density at radius 2 is 2.04 bits per heavy atom. The summed E-state index contributed by atoms with van der Waals surface area (Å²) in [5.74, 6) is -0.195. The molecule has 0 spiro atoms. The zero-order valence-electron chi connectivity index (χ0n) is 14.9. The van der Waals surface area contributed by atoms with Gasteiger partial charge in [0.1, 0.15) is 5.82 Å². The Kier molecular flexibility index (Phi) is 4.58. The molecule has 1 N–H and O–H groups in total. The number of piperazine rings is 2. The van der Waals surface area contributed by atoms with Crippen LogP contribution in [0.15, 0.2) is 36.8 Å². The first-order valence-electron chi connectivity index (χ1n) is 9.05. The fourth-order valence-electron chi connectivity index (χ4n) is 4.25. The first-order valence-corrected chi connectivity index (χ1v) is 9.05. The Morgan fingerprint density at radius 1 is 1.24 bits per heavy atom. The van der Waals surface area contributed by atoms with E-state index >= 15 is 0 Å². The monoisotopic (exact) mass is 343 g/mol. The molecule has 0 radical (unpaired) electrons. The fraction of sp³-hybridized carbons (Fsp3) is 0.526. The van der Waals surface area contributed by atoms with Crippen LogP contribution in [0.2, 0.25) is 0 Å². The Bertz CT molecular complexity index is 713. The summed E-state index contributed by atoms with van der Waals surface area (Å²) in [6, 6.07) is 7.81. The van der Waals surface area contributed by atoms with Gasteiger partial charge in [-0.25, -0.2) is 9.37 Å². The predicted octanol–water partition coefficient (Wildman–Crippen LogP) is 1.89. The third kappa shape index (κ3) is 3.21. The first kappa shape index (κ1) is 16.7. The van der Waals surface area contributed by atoms with Crippen LogP contribution in [-0.4, -0.2) is 65.2 Å². The highest BCUT2D eigenvalue weighted by Crippen LogP contribution is 2.31. The van der Waals surface area contributed by atoms with Crippen LogP contribution in [-0.2, 0) is 0 Å². The molecule has 0 bridgehead atoms. The lowest BCUT2D eigenvalue weighted by Gasteiger charge is -2.48. The molecular formula is C19H26FN5. The summed E-state index contributed by atoms with van der Waals surface area (Å²) in [4.78, 5) is 9.49. The molecule has 2 fully saturated rings. The van der Waals surface area contributed by atoms with Crippen LogP contribution in [0.3, 0.4) is 0 Å². The van der Waals surface area contributed by atoms with Gasteiger partial charge in [-0.05, 0) is 31.7 Å². The van der Waals surface area contributed by atoms with Gasteiger partial charge in [-0.1, -0.05) is 12.1 Å². The molecule has 1 aromatic carbocycles.